The van der Waals surface area contributed by atoms with Crippen molar-refractivity contribution >= 4 is 0 Å². The fraction of sp³-hybridized carbons (Fsp3) is 1.00. The van der Waals surface area contributed by atoms with Crippen LogP contribution in [0.15, 0.2) is 0 Å². The van der Waals surface area contributed by atoms with E-state index in [0.717, 1.165) is 0 Å². The van der Waals surface area contributed by atoms with Gasteiger partial charge in [-0.25, -0.2) is 0 Å². The van der Waals surface area contributed by atoms with E-state index in [4.69, 9.17) is 0 Å². The molecule has 0 radical (unpaired) electrons. The molecule has 3 nitrogen and oxygen atoms in total. The number of nitrogens with zero attached hydrogens (tertiary/aromatic N) is 2. The summed E-state index contributed by atoms with van der Waals surface area (Å²) >= 11 is 0. The van der Waals surface area contributed by atoms with Gasteiger partial charge >= 0.3 is 0 Å². The predicted octanol–water partition coefficient (Wildman–Crippen LogP) is 2.96. The molecule has 2 fully saturated rings. The molecule has 0 atom stereocenters. The van der Waals surface area contributed by atoms with Crippen LogP contribution in [0.3, 0.4) is 0 Å². The third kappa shape index (κ3) is 5.54. The molecule has 2 aliphatic rings. The van der Waals surface area contributed by atoms with Crippen molar-refractivity contribution in [2.24, 2.45) is 5.41 Å². The molecule has 1 N–H and O–H groups in total. The van der Waals surface area contributed by atoms with Crippen molar-refractivity contribution in [1.82, 2.24) is 15.1 Å². The van der Waals surface area contributed by atoms with Crippen LogP contribution in [0.5, 0.6) is 0 Å². The Balaban J connectivity index is 1.83. The van der Waals surface area contributed by atoms with Crippen LogP contribution < -0.4 is 5.32 Å². The minimum absolute atomic E-state index is 0.245. The Bertz CT molecular complexity index is 294. The molecule has 0 unspecified atom stereocenters. The fourth-order valence-electron chi connectivity index (χ4n) is 3.93. The van der Waals surface area contributed by atoms with E-state index in [0.29, 0.717) is 5.41 Å². The van der Waals surface area contributed by atoms with Crippen LogP contribution in [0.2, 0.25) is 0 Å². The van der Waals surface area contributed by atoms with E-state index in [9.17, 15) is 0 Å². The minimum atomic E-state index is 0.245. The zero-order valence-electron chi connectivity index (χ0n) is 14.9. The Kier molecular flexibility index (Phi) is 6.10. The first-order valence-corrected chi connectivity index (χ1v) is 9.12. The zero-order chi connectivity index (χ0) is 15.3. The lowest BCUT2D eigenvalue weighted by atomic mass is 9.84. The summed E-state index contributed by atoms with van der Waals surface area (Å²) < 4.78 is 0. The highest BCUT2D eigenvalue weighted by Gasteiger charge is 2.36. The summed E-state index contributed by atoms with van der Waals surface area (Å²) in [5, 5.41) is 3.79. The van der Waals surface area contributed by atoms with E-state index >= 15 is 0 Å². The summed E-state index contributed by atoms with van der Waals surface area (Å²) in [6, 6.07) is 0. The number of rotatable bonds is 6. The maximum atomic E-state index is 3.79. The molecule has 0 spiro atoms. The molecule has 0 amide bonds. The van der Waals surface area contributed by atoms with Crippen molar-refractivity contribution in [3.63, 3.8) is 0 Å². The SMILES string of the molecule is CCCN1CCN(CC2(CNC(C)(C)C)CCCC2)CC1. The Morgan fingerprint density at radius 1 is 0.952 bits per heavy atom. The van der Waals surface area contributed by atoms with Crippen LogP contribution in [0.25, 0.3) is 0 Å². The van der Waals surface area contributed by atoms with Gasteiger partial charge in [0.25, 0.3) is 0 Å². The number of nitrogens with one attached hydrogen (secondary N) is 1. The zero-order valence-corrected chi connectivity index (χ0v) is 14.9. The van der Waals surface area contributed by atoms with Gasteiger partial charge in [0, 0.05) is 44.8 Å². The summed E-state index contributed by atoms with van der Waals surface area (Å²) in [5.74, 6) is 0. The largest absolute Gasteiger partial charge is 0.311 e. The van der Waals surface area contributed by atoms with E-state index in [1.165, 1.54) is 77.9 Å². The van der Waals surface area contributed by atoms with Gasteiger partial charge in [-0.05, 0) is 52.0 Å². The second-order valence-corrected chi connectivity index (χ2v) is 8.43. The highest BCUT2D eigenvalue weighted by Crippen LogP contribution is 2.38. The van der Waals surface area contributed by atoms with Gasteiger partial charge in [0.05, 0.1) is 0 Å². The van der Waals surface area contributed by atoms with Crippen LogP contribution in [0, 0.1) is 5.41 Å². The van der Waals surface area contributed by atoms with Gasteiger partial charge in [0.2, 0.25) is 0 Å². The van der Waals surface area contributed by atoms with E-state index in [1.807, 2.05) is 0 Å². The molecule has 1 aliphatic carbocycles. The molecule has 1 saturated carbocycles. The Morgan fingerprint density at radius 3 is 2.05 bits per heavy atom. The monoisotopic (exact) mass is 295 g/mol. The fourth-order valence-corrected chi connectivity index (χ4v) is 3.93. The van der Waals surface area contributed by atoms with Gasteiger partial charge in [-0.15, -0.1) is 0 Å². The smallest absolute Gasteiger partial charge is 0.0110 e. The first-order chi connectivity index (χ1) is 9.92. The Hall–Kier alpha value is -0.120. The Morgan fingerprint density at radius 2 is 1.52 bits per heavy atom. The summed E-state index contributed by atoms with van der Waals surface area (Å²) in [6.45, 7) is 18.1. The van der Waals surface area contributed by atoms with Gasteiger partial charge in [-0.2, -0.15) is 0 Å². The number of hydrogen-bond donors (Lipinski definition) is 1. The molecule has 0 aromatic carbocycles. The van der Waals surface area contributed by atoms with E-state index < -0.39 is 0 Å². The first kappa shape index (κ1) is 17.2. The highest BCUT2D eigenvalue weighted by molar-refractivity contribution is 4.92. The van der Waals surface area contributed by atoms with Crippen molar-refractivity contribution in [2.75, 3.05) is 45.8 Å². The summed E-state index contributed by atoms with van der Waals surface area (Å²) in [5.41, 5.74) is 0.787. The van der Waals surface area contributed by atoms with Gasteiger partial charge in [0.1, 0.15) is 0 Å². The molecule has 1 heterocycles. The van der Waals surface area contributed by atoms with Gasteiger partial charge < -0.3 is 15.1 Å². The maximum absolute atomic E-state index is 3.79. The summed E-state index contributed by atoms with van der Waals surface area (Å²) in [7, 11) is 0. The van der Waals surface area contributed by atoms with Crippen molar-refractivity contribution in [1.29, 1.82) is 0 Å². The molecule has 3 heteroatoms. The average molecular weight is 296 g/mol. The lowest BCUT2D eigenvalue weighted by Gasteiger charge is -2.41. The lowest BCUT2D eigenvalue weighted by Crippen LogP contribution is -2.52. The molecule has 0 aromatic heterocycles. The van der Waals surface area contributed by atoms with Crippen molar-refractivity contribution in [3.05, 3.63) is 0 Å². The first-order valence-electron chi connectivity index (χ1n) is 9.12. The molecule has 1 saturated heterocycles. The number of hydrogen-bond acceptors (Lipinski definition) is 3. The molecule has 2 rings (SSSR count). The van der Waals surface area contributed by atoms with E-state index in [1.54, 1.807) is 0 Å². The van der Waals surface area contributed by atoms with Crippen molar-refractivity contribution in [3.8, 4) is 0 Å². The van der Waals surface area contributed by atoms with Crippen LogP contribution >= 0.6 is 0 Å². The maximum Gasteiger partial charge on any atom is 0.0110 e. The minimum Gasteiger partial charge on any atom is -0.311 e. The third-order valence-electron chi connectivity index (χ3n) is 5.22. The average Bonchev–Trinajstić information content (AvgIpc) is 2.88. The van der Waals surface area contributed by atoms with Gasteiger partial charge in [0.15, 0.2) is 0 Å². The molecule has 124 valence electrons. The van der Waals surface area contributed by atoms with Gasteiger partial charge in [-0.3, -0.25) is 0 Å². The Labute approximate surface area is 132 Å². The normalized spacial score (nSPS) is 24.6. The second-order valence-electron chi connectivity index (χ2n) is 8.43. The van der Waals surface area contributed by atoms with Crippen LogP contribution in [0.1, 0.15) is 59.8 Å². The van der Waals surface area contributed by atoms with Crippen molar-refractivity contribution in [2.45, 2.75) is 65.3 Å². The molecule has 0 aromatic rings. The molecular formula is C18H37N3. The van der Waals surface area contributed by atoms with E-state index in [-0.39, 0.29) is 5.54 Å². The summed E-state index contributed by atoms with van der Waals surface area (Å²) in [4.78, 5) is 5.37. The van der Waals surface area contributed by atoms with E-state index in [2.05, 4.69) is 42.8 Å². The highest BCUT2D eigenvalue weighted by atomic mass is 15.3. The van der Waals surface area contributed by atoms with Crippen molar-refractivity contribution < 1.29 is 0 Å². The van der Waals surface area contributed by atoms with Crippen LogP contribution in [-0.2, 0) is 0 Å². The molecule has 21 heavy (non-hydrogen) atoms. The molecular weight excluding hydrogens is 258 g/mol. The van der Waals surface area contributed by atoms with Crippen LogP contribution in [-0.4, -0.2) is 61.2 Å². The molecule has 0 bridgehead atoms. The second kappa shape index (κ2) is 7.43. The predicted molar refractivity (Wildman–Crippen MR) is 91.8 cm³/mol. The topological polar surface area (TPSA) is 18.5 Å². The van der Waals surface area contributed by atoms with Gasteiger partial charge in [-0.1, -0.05) is 19.8 Å². The summed E-state index contributed by atoms with van der Waals surface area (Å²) in [6.07, 6.45) is 7.00. The standard InChI is InChI=1S/C18H37N3/c1-5-10-20-11-13-21(14-12-20)16-18(8-6-7-9-18)15-19-17(2,3)4/h19H,5-16H2,1-4H3. The number of piperazine rings is 1. The van der Waals surface area contributed by atoms with Crippen LogP contribution in [0.4, 0.5) is 0 Å². The molecule has 1 aliphatic heterocycles. The quantitative estimate of drug-likeness (QED) is 0.813. The third-order valence-corrected chi connectivity index (χ3v) is 5.22. The lowest BCUT2D eigenvalue weighted by molar-refractivity contribution is 0.0820.